The first-order chi connectivity index (χ1) is 10.1. The number of rotatable bonds is 3. The summed E-state index contributed by atoms with van der Waals surface area (Å²) in [5.74, 6) is 0.391. The summed E-state index contributed by atoms with van der Waals surface area (Å²) in [5, 5.41) is 10.5. The van der Waals surface area contributed by atoms with Gasteiger partial charge in [0.2, 0.25) is 18.2 Å². The van der Waals surface area contributed by atoms with Crippen molar-refractivity contribution in [2.24, 2.45) is 11.7 Å². The highest BCUT2D eigenvalue weighted by Crippen LogP contribution is 2.27. The van der Waals surface area contributed by atoms with Gasteiger partial charge in [-0.15, -0.1) is 10.2 Å². The van der Waals surface area contributed by atoms with Crippen LogP contribution in [0.25, 0.3) is 11.5 Å². The number of carbonyl (C=O) groups is 1. The van der Waals surface area contributed by atoms with E-state index in [2.05, 4.69) is 15.5 Å². The van der Waals surface area contributed by atoms with Crippen LogP contribution in [0, 0.1) is 12.8 Å². The molecule has 110 valence electrons. The van der Waals surface area contributed by atoms with Crippen LogP contribution in [0.5, 0.6) is 0 Å². The lowest BCUT2D eigenvalue weighted by molar-refractivity contribution is -0.120. The molecular formula is C15H18N4O2. The fourth-order valence-corrected chi connectivity index (χ4v) is 2.78. The Kier molecular flexibility index (Phi) is 3.70. The van der Waals surface area contributed by atoms with E-state index >= 15 is 0 Å². The van der Waals surface area contributed by atoms with Gasteiger partial charge in [0.05, 0.1) is 5.92 Å². The van der Waals surface area contributed by atoms with Gasteiger partial charge in [0.25, 0.3) is 0 Å². The Morgan fingerprint density at radius 1 is 1.43 bits per heavy atom. The fourth-order valence-electron chi connectivity index (χ4n) is 2.78. The number of anilines is 1. The predicted molar refractivity (Wildman–Crippen MR) is 78.4 cm³/mol. The summed E-state index contributed by atoms with van der Waals surface area (Å²) in [4.78, 5) is 12.3. The Balaban J connectivity index is 1.76. The van der Waals surface area contributed by atoms with E-state index in [-0.39, 0.29) is 17.9 Å². The molecule has 1 saturated carbocycles. The maximum Gasteiger partial charge on any atom is 0.247 e. The van der Waals surface area contributed by atoms with Crippen molar-refractivity contribution >= 4 is 11.6 Å². The highest BCUT2D eigenvalue weighted by Gasteiger charge is 2.30. The van der Waals surface area contributed by atoms with Crippen molar-refractivity contribution in [2.75, 3.05) is 5.32 Å². The van der Waals surface area contributed by atoms with Crippen LogP contribution in [0.4, 0.5) is 5.69 Å². The Labute approximate surface area is 122 Å². The van der Waals surface area contributed by atoms with Crippen molar-refractivity contribution in [3.8, 4) is 11.5 Å². The zero-order valence-electron chi connectivity index (χ0n) is 11.9. The van der Waals surface area contributed by atoms with E-state index in [1.54, 1.807) is 0 Å². The number of aryl methyl sites for hydroxylation is 1. The third kappa shape index (κ3) is 2.80. The third-order valence-electron chi connectivity index (χ3n) is 4.00. The summed E-state index contributed by atoms with van der Waals surface area (Å²) in [6.45, 7) is 1.93. The van der Waals surface area contributed by atoms with Crippen LogP contribution in [-0.4, -0.2) is 22.1 Å². The Bertz CT molecular complexity index is 639. The molecule has 6 nitrogen and oxygen atoms in total. The van der Waals surface area contributed by atoms with Crippen molar-refractivity contribution in [1.82, 2.24) is 10.2 Å². The molecule has 1 aromatic carbocycles. The Morgan fingerprint density at radius 2 is 2.29 bits per heavy atom. The lowest BCUT2D eigenvalue weighted by Gasteiger charge is -2.16. The number of nitrogens with one attached hydrogen (secondary N) is 1. The van der Waals surface area contributed by atoms with Gasteiger partial charge in [-0.25, -0.2) is 0 Å². The summed E-state index contributed by atoms with van der Waals surface area (Å²) in [6, 6.07) is 5.60. The van der Waals surface area contributed by atoms with Crippen LogP contribution < -0.4 is 11.1 Å². The van der Waals surface area contributed by atoms with Crippen LogP contribution in [0.15, 0.2) is 29.0 Å². The molecule has 1 aliphatic carbocycles. The minimum atomic E-state index is -0.0833. The van der Waals surface area contributed by atoms with Gasteiger partial charge >= 0.3 is 0 Å². The zero-order valence-corrected chi connectivity index (χ0v) is 11.9. The molecule has 0 radical (unpaired) electrons. The number of aromatic nitrogens is 2. The largest absolute Gasteiger partial charge is 0.423 e. The molecule has 0 bridgehead atoms. The minimum absolute atomic E-state index is 0.00800. The summed E-state index contributed by atoms with van der Waals surface area (Å²) in [7, 11) is 0. The van der Waals surface area contributed by atoms with Gasteiger partial charge in [-0.2, -0.15) is 0 Å². The van der Waals surface area contributed by atoms with Gasteiger partial charge < -0.3 is 15.5 Å². The van der Waals surface area contributed by atoms with Crippen molar-refractivity contribution in [3.05, 3.63) is 30.2 Å². The minimum Gasteiger partial charge on any atom is -0.423 e. The van der Waals surface area contributed by atoms with Gasteiger partial charge in [-0.05, 0) is 43.5 Å². The molecule has 0 aliphatic heterocycles. The number of carbonyl (C=O) groups excluding carboxylic acids is 1. The first-order valence-corrected chi connectivity index (χ1v) is 7.09. The molecule has 2 aromatic rings. The van der Waals surface area contributed by atoms with Crippen LogP contribution in [0.3, 0.4) is 0 Å². The van der Waals surface area contributed by atoms with E-state index in [0.717, 1.165) is 36.1 Å². The molecule has 1 aliphatic rings. The topological polar surface area (TPSA) is 94.0 Å². The number of hydrogen-bond acceptors (Lipinski definition) is 5. The van der Waals surface area contributed by atoms with E-state index in [9.17, 15) is 4.79 Å². The van der Waals surface area contributed by atoms with Crippen LogP contribution in [0.2, 0.25) is 0 Å². The summed E-state index contributed by atoms with van der Waals surface area (Å²) in [5.41, 5.74) is 8.55. The Hall–Kier alpha value is -2.21. The van der Waals surface area contributed by atoms with Gasteiger partial charge in [0.1, 0.15) is 0 Å². The van der Waals surface area contributed by atoms with Crippen LogP contribution >= 0.6 is 0 Å². The number of hydrogen-bond donors (Lipinski definition) is 2. The highest BCUT2D eigenvalue weighted by atomic mass is 16.4. The lowest BCUT2D eigenvalue weighted by Crippen LogP contribution is -2.34. The molecule has 3 N–H and O–H groups in total. The number of amides is 1. The molecule has 1 aromatic heterocycles. The number of nitrogens with zero attached hydrogens (tertiary/aromatic N) is 2. The van der Waals surface area contributed by atoms with Crippen molar-refractivity contribution < 1.29 is 9.21 Å². The monoisotopic (exact) mass is 286 g/mol. The standard InChI is InChI=1S/C15H18N4O2/c1-9-7-10(15-19-17-8-21-15)5-6-13(9)18-14(20)11-3-2-4-12(11)16/h5-8,11-12H,2-4,16H2,1H3,(H,18,20). The molecular weight excluding hydrogens is 268 g/mol. The highest BCUT2D eigenvalue weighted by molar-refractivity contribution is 5.94. The average Bonchev–Trinajstić information content (AvgIpc) is 3.12. The molecule has 2 unspecified atom stereocenters. The van der Waals surface area contributed by atoms with E-state index in [0.29, 0.717) is 5.89 Å². The number of nitrogens with two attached hydrogens (primary N) is 1. The second kappa shape index (κ2) is 5.65. The molecule has 21 heavy (non-hydrogen) atoms. The van der Waals surface area contributed by atoms with E-state index in [4.69, 9.17) is 10.2 Å². The molecule has 2 atom stereocenters. The number of benzene rings is 1. The van der Waals surface area contributed by atoms with Gasteiger partial charge in [-0.1, -0.05) is 6.42 Å². The van der Waals surface area contributed by atoms with E-state index < -0.39 is 0 Å². The molecule has 0 spiro atoms. The summed E-state index contributed by atoms with van der Waals surface area (Å²) >= 11 is 0. The van der Waals surface area contributed by atoms with Gasteiger partial charge in [0, 0.05) is 17.3 Å². The fraction of sp³-hybridized carbons (Fsp3) is 0.400. The zero-order chi connectivity index (χ0) is 14.8. The predicted octanol–water partition coefficient (Wildman–Crippen LogP) is 2.11. The molecule has 6 heteroatoms. The quantitative estimate of drug-likeness (QED) is 0.901. The molecule has 1 amide bonds. The maximum atomic E-state index is 12.3. The smallest absolute Gasteiger partial charge is 0.247 e. The average molecular weight is 286 g/mol. The molecule has 0 saturated heterocycles. The van der Waals surface area contributed by atoms with Crippen molar-refractivity contribution in [3.63, 3.8) is 0 Å². The van der Waals surface area contributed by atoms with Crippen LogP contribution in [0.1, 0.15) is 24.8 Å². The van der Waals surface area contributed by atoms with Gasteiger partial charge in [0.15, 0.2) is 0 Å². The normalized spacial score (nSPS) is 21.4. The second-order valence-electron chi connectivity index (χ2n) is 5.46. The molecule has 1 fully saturated rings. The van der Waals surface area contributed by atoms with Crippen molar-refractivity contribution in [1.29, 1.82) is 0 Å². The third-order valence-corrected chi connectivity index (χ3v) is 4.00. The second-order valence-corrected chi connectivity index (χ2v) is 5.46. The molecule has 3 rings (SSSR count). The SMILES string of the molecule is Cc1cc(-c2nnco2)ccc1NC(=O)C1CCCC1N. The first-order valence-electron chi connectivity index (χ1n) is 7.09. The maximum absolute atomic E-state index is 12.3. The lowest BCUT2D eigenvalue weighted by atomic mass is 10.0. The summed E-state index contributed by atoms with van der Waals surface area (Å²) < 4.78 is 5.16. The summed E-state index contributed by atoms with van der Waals surface area (Å²) in [6.07, 6.45) is 4.11. The van der Waals surface area contributed by atoms with Gasteiger partial charge in [-0.3, -0.25) is 4.79 Å². The van der Waals surface area contributed by atoms with Crippen molar-refractivity contribution in [2.45, 2.75) is 32.2 Å². The van der Waals surface area contributed by atoms with E-state index in [1.807, 2.05) is 25.1 Å². The molecule has 1 heterocycles. The first kappa shape index (κ1) is 13.8. The van der Waals surface area contributed by atoms with E-state index in [1.165, 1.54) is 6.39 Å². The van der Waals surface area contributed by atoms with Crippen LogP contribution in [-0.2, 0) is 4.79 Å². The Morgan fingerprint density at radius 3 is 2.90 bits per heavy atom.